The molecular weight excluding hydrogens is 200 g/mol. The van der Waals surface area contributed by atoms with Gasteiger partial charge in [0.1, 0.15) is 5.60 Å². The van der Waals surface area contributed by atoms with Gasteiger partial charge in [-0.15, -0.1) is 12.3 Å². The average Bonchev–Trinajstić information content (AvgIpc) is 2.26. The Labute approximate surface area is 98.8 Å². The van der Waals surface area contributed by atoms with Gasteiger partial charge in [-0.3, -0.25) is 4.79 Å². The van der Waals surface area contributed by atoms with E-state index < -0.39 is 5.60 Å². The van der Waals surface area contributed by atoms with E-state index in [9.17, 15) is 4.79 Å². The maximum Gasteiger partial charge on any atom is 0.165 e. The predicted molar refractivity (Wildman–Crippen MR) is 65.1 cm³/mol. The van der Waals surface area contributed by atoms with Crippen molar-refractivity contribution in [3.05, 3.63) is 0 Å². The first kappa shape index (κ1) is 13.3. The summed E-state index contributed by atoms with van der Waals surface area (Å²) in [5, 5.41) is 0. The molecule has 1 rings (SSSR count). The summed E-state index contributed by atoms with van der Waals surface area (Å²) in [6, 6.07) is 0. The van der Waals surface area contributed by atoms with Gasteiger partial charge < -0.3 is 4.74 Å². The van der Waals surface area contributed by atoms with Gasteiger partial charge in [-0.1, -0.05) is 13.3 Å². The second-order valence-corrected chi connectivity index (χ2v) is 4.76. The molecule has 0 aromatic rings. The van der Waals surface area contributed by atoms with Crippen LogP contribution >= 0.6 is 0 Å². The molecule has 0 N–H and O–H groups in total. The van der Waals surface area contributed by atoms with Gasteiger partial charge in [0.15, 0.2) is 5.78 Å². The molecule has 0 heterocycles. The molecule has 2 unspecified atom stereocenters. The maximum atomic E-state index is 12.2. The molecule has 2 atom stereocenters. The fraction of sp³-hybridized carbons (Fsp3) is 0.786. The van der Waals surface area contributed by atoms with E-state index in [2.05, 4.69) is 12.8 Å². The second-order valence-electron chi connectivity index (χ2n) is 4.76. The topological polar surface area (TPSA) is 26.3 Å². The fourth-order valence-electron chi connectivity index (χ4n) is 2.66. The van der Waals surface area contributed by atoms with Gasteiger partial charge in [-0.25, -0.2) is 0 Å². The third-order valence-electron chi connectivity index (χ3n) is 3.38. The minimum Gasteiger partial charge on any atom is -0.367 e. The Hall–Kier alpha value is -0.810. The standard InChI is InChI=1S/C14H22O2/c1-4-6-9-13(15)14(16-5-2)10-7-8-12(3)11-14/h1,12H,5-11H2,2-3H3. The molecular formula is C14H22O2. The van der Waals surface area contributed by atoms with Gasteiger partial charge in [-0.2, -0.15) is 0 Å². The lowest BCUT2D eigenvalue weighted by Crippen LogP contribution is -2.45. The number of hydrogen-bond acceptors (Lipinski definition) is 2. The van der Waals surface area contributed by atoms with Gasteiger partial charge in [0.2, 0.25) is 0 Å². The highest BCUT2D eigenvalue weighted by atomic mass is 16.5. The van der Waals surface area contributed by atoms with Crippen molar-refractivity contribution in [2.45, 2.75) is 58.0 Å². The van der Waals surface area contributed by atoms with Gasteiger partial charge in [0.25, 0.3) is 0 Å². The van der Waals surface area contributed by atoms with E-state index >= 15 is 0 Å². The zero-order chi connectivity index (χ0) is 12.0. The summed E-state index contributed by atoms with van der Waals surface area (Å²) >= 11 is 0. The van der Waals surface area contributed by atoms with E-state index in [1.807, 2.05) is 6.92 Å². The van der Waals surface area contributed by atoms with E-state index in [1.165, 1.54) is 6.42 Å². The van der Waals surface area contributed by atoms with E-state index in [-0.39, 0.29) is 5.78 Å². The number of rotatable bonds is 5. The number of ketones is 1. The summed E-state index contributed by atoms with van der Waals surface area (Å²) in [6.07, 6.45) is 10.2. The predicted octanol–water partition coefficient (Wildman–Crippen LogP) is 2.95. The van der Waals surface area contributed by atoms with Crippen LogP contribution in [0.1, 0.15) is 52.4 Å². The first-order valence-electron chi connectivity index (χ1n) is 6.25. The molecule has 2 nitrogen and oxygen atoms in total. The smallest absolute Gasteiger partial charge is 0.165 e. The molecule has 16 heavy (non-hydrogen) atoms. The van der Waals surface area contributed by atoms with Crippen LogP contribution in [0, 0.1) is 18.3 Å². The van der Waals surface area contributed by atoms with Crippen LogP contribution in [-0.2, 0) is 9.53 Å². The molecule has 0 spiro atoms. The van der Waals surface area contributed by atoms with Crippen LogP contribution in [-0.4, -0.2) is 18.0 Å². The van der Waals surface area contributed by atoms with Crippen LogP contribution in [0.2, 0.25) is 0 Å². The number of terminal acetylenes is 1. The quantitative estimate of drug-likeness (QED) is 0.668. The van der Waals surface area contributed by atoms with Crippen molar-refractivity contribution in [2.75, 3.05) is 6.61 Å². The zero-order valence-electron chi connectivity index (χ0n) is 10.4. The highest BCUT2D eigenvalue weighted by Crippen LogP contribution is 2.36. The molecule has 1 saturated carbocycles. The summed E-state index contributed by atoms with van der Waals surface area (Å²) in [4.78, 5) is 12.2. The number of hydrogen-bond donors (Lipinski definition) is 0. The van der Waals surface area contributed by atoms with Crippen LogP contribution in [0.25, 0.3) is 0 Å². The SMILES string of the molecule is C#CCCC(=O)C1(OCC)CCCC(C)C1. The molecule has 1 aliphatic carbocycles. The van der Waals surface area contributed by atoms with E-state index in [0.717, 1.165) is 19.3 Å². The molecule has 0 bridgehead atoms. The van der Waals surface area contributed by atoms with E-state index in [4.69, 9.17) is 11.2 Å². The Morgan fingerprint density at radius 1 is 1.62 bits per heavy atom. The van der Waals surface area contributed by atoms with Crippen LogP contribution in [0.3, 0.4) is 0 Å². The minimum atomic E-state index is -0.525. The van der Waals surface area contributed by atoms with E-state index in [1.54, 1.807) is 0 Å². The monoisotopic (exact) mass is 222 g/mol. The van der Waals surface area contributed by atoms with Crippen LogP contribution in [0.15, 0.2) is 0 Å². The Morgan fingerprint density at radius 3 is 2.94 bits per heavy atom. The molecule has 1 fully saturated rings. The van der Waals surface area contributed by atoms with Gasteiger partial charge in [-0.05, 0) is 32.1 Å². The molecule has 0 radical (unpaired) electrons. The normalized spacial score (nSPS) is 29.7. The van der Waals surface area contributed by atoms with Crippen molar-refractivity contribution in [3.8, 4) is 12.3 Å². The Morgan fingerprint density at radius 2 is 2.38 bits per heavy atom. The zero-order valence-corrected chi connectivity index (χ0v) is 10.4. The Balaban J connectivity index is 2.71. The van der Waals surface area contributed by atoms with Crippen molar-refractivity contribution in [1.29, 1.82) is 0 Å². The van der Waals surface area contributed by atoms with Crippen molar-refractivity contribution >= 4 is 5.78 Å². The van der Waals surface area contributed by atoms with Crippen molar-refractivity contribution < 1.29 is 9.53 Å². The molecule has 0 aromatic carbocycles. The summed E-state index contributed by atoms with van der Waals surface area (Å²) in [6.45, 7) is 4.76. The van der Waals surface area contributed by atoms with Crippen molar-refractivity contribution in [3.63, 3.8) is 0 Å². The van der Waals surface area contributed by atoms with E-state index in [0.29, 0.717) is 25.4 Å². The Kier molecular flexibility index (Phi) is 5.02. The van der Waals surface area contributed by atoms with Crippen molar-refractivity contribution in [2.24, 2.45) is 5.92 Å². The van der Waals surface area contributed by atoms with Gasteiger partial charge >= 0.3 is 0 Å². The minimum absolute atomic E-state index is 0.207. The number of ether oxygens (including phenoxy) is 1. The third-order valence-corrected chi connectivity index (χ3v) is 3.38. The lowest BCUT2D eigenvalue weighted by Gasteiger charge is -2.38. The number of carbonyl (C=O) groups is 1. The van der Waals surface area contributed by atoms with Gasteiger partial charge in [0.05, 0.1) is 0 Å². The van der Waals surface area contributed by atoms with Crippen LogP contribution in [0.4, 0.5) is 0 Å². The van der Waals surface area contributed by atoms with Gasteiger partial charge in [0, 0.05) is 19.4 Å². The molecule has 0 aromatic heterocycles. The molecule has 90 valence electrons. The summed E-state index contributed by atoms with van der Waals surface area (Å²) in [5.41, 5.74) is -0.525. The third kappa shape index (κ3) is 3.09. The lowest BCUT2D eigenvalue weighted by molar-refractivity contribution is -0.151. The highest BCUT2D eigenvalue weighted by molar-refractivity contribution is 5.87. The fourth-order valence-corrected chi connectivity index (χ4v) is 2.66. The first-order valence-corrected chi connectivity index (χ1v) is 6.25. The number of Topliss-reactive ketones (excluding diaryl/α,β-unsaturated/α-hetero) is 1. The largest absolute Gasteiger partial charge is 0.367 e. The highest BCUT2D eigenvalue weighted by Gasteiger charge is 2.41. The number of carbonyl (C=O) groups excluding carboxylic acids is 1. The molecule has 1 aliphatic rings. The summed E-state index contributed by atoms with van der Waals surface area (Å²) < 4.78 is 5.78. The summed E-state index contributed by atoms with van der Waals surface area (Å²) in [7, 11) is 0. The molecule has 2 heteroatoms. The lowest BCUT2D eigenvalue weighted by atomic mass is 9.75. The average molecular weight is 222 g/mol. The summed E-state index contributed by atoms with van der Waals surface area (Å²) in [5.74, 6) is 3.32. The van der Waals surface area contributed by atoms with Crippen LogP contribution in [0.5, 0.6) is 0 Å². The molecule has 0 amide bonds. The Bertz CT molecular complexity index is 273. The second kappa shape index (κ2) is 6.06. The molecule has 0 saturated heterocycles. The van der Waals surface area contributed by atoms with Crippen molar-refractivity contribution in [1.82, 2.24) is 0 Å². The maximum absolute atomic E-state index is 12.2. The first-order chi connectivity index (χ1) is 7.64. The van der Waals surface area contributed by atoms with Crippen LogP contribution < -0.4 is 0 Å². The molecule has 0 aliphatic heterocycles.